The fourth-order valence-corrected chi connectivity index (χ4v) is 2.28. The van der Waals surface area contributed by atoms with Gasteiger partial charge in [0.2, 0.25) is 0 Å². The first-order valence-corrected chi connectivity index (χ1v) is 6.12. The molecule has 100 valence electrons. The van der Waals surface area contributed by atoms with Gasteiger partial charge < -0.3 is 9.84 Å². The average molecular weight is 253 g/mol. The third kappa shape index (κ3) is 3.08. The molecule has 0 amide bonds. The van der Waals surface area contributed by atoms with E-state index >= 15 is 0 Å². The molecule has 0 aromatic carbocycles. The normalized spacial score (nSPS) is 22.9. The number of rotatable bonds is 4. The summed E-state index contributed by atoms with van der Waals surface area (Å²) in [5.74, 6) is -0.809. The lowest BCUT2D eigenvalue weighted by Crippen LogP contribution is -2.44. The van der Waals surface area contributed by atoms with E-state index in [1.807, 2.05) is 19.4 Å². The molecule has 0 spiro atoms. The summed E-state index contributed by atoms with van der Waals surface area (Å²) in [4.78, 5) is 12.9. The van der Waals surface area contributed by atoms with Gasteiger partial charge >= 0.3 is 5.97 Å². The maximum Gasteiger partial charge on any atom is 0.306 e. The van der Waals surface area contributed by atoms with Crippen LogP contribution in [0.5, 0.6) is 0 Å². The highest BCUT2D eigenvalue weighted by atomic mass is 16.5. The van der Waals surface area contributed by atoms with Gasteiger partial charge in [-0.05, 0) is 6.92 Å². The Labute approximate surface area is 106 Å². The second kappa shape index (κ2) is 5.49. The second-order valence-corrected chi connectivity index (χ2v) is 4.71. The molecule has 0 radical (unpaired) electrons. The standard InChI is InChI=1S/C12H19N3O3/c1-9(10-6-13-14(2)7-10)15-3-4-18-11(8-15)5-12(16)17/h6-7,9,11H,3-5,8H2,1-2H3,(H,16,17). The van der Waals surface area contributed by atoms with Crippen LogP contribution < -0.4 is 0 Å². The van der Waals surface area contributed by atoms with Gasteiger partial charge in [-0.1, -0.05) is 0 Å². The van der Waals surface area contributed by atoms with Gasteiger partial charge in [0, 0.05) is 37.9 Å². The van der Waals surface area contributed by atoms with Gasteiger partial charge in [0.05, 0.1) is 25.3 Å². The smallest absolute Gasteiger partial charge is 0.306 e. The van der Waals surface area contributed by atoms with E-state index in [0.717, 1.165) is 12.1 Å². The van der Waals surface area contributed by atoms with Crippen molar-refractivity contribution in [3.05, 3.63) is 18.0 Å². The predicted molar refractivity (Wildman–Crippen MR) is 65.2 cm³/mol. The van der Waals surface area contributed by atoms with Gasteiger partial charge in [-0.25, -0.2) is 0 Å². The van der Waals surface area contributed by atoms with Crippen molar-refractivity contribution in [3.8, 4) is 0 Å². The molecule has 0 aliphatic carbocycles. The number of aryl methyl sites for hydroxylation is 1. The van der Waals surface area contributed by atoms with Crippen molar-refractivity contribution in [2.45, 2.75) is 25.5 Å². The summed E-state index contributed by atoms with van der Waals surface area (Å²) in [6.45, 7) is 4.18. The van der Waals surface area contributed by atoms with E-state index in [2.05, 4.69) is 16.9 Å². The highest BCUT2D eigenvalue weighted by molar-refractivity contribution is 5.67. The number of carboxylic acid groups (broad SMARTS) is 1. The lowest BCUT2D eigenvalue weighted by molar-refractivity contribution is -0.142. The molecule has 2 heterocycles. The number of ether oxygens (including phenoxy) is 1. The molecule has 1 aliphatic heterocycles. The van der Waals surface area contributed by atoms with E-state index in [1.54, 1.807) is 4.68 Å². The molecule has 1 saturated heterocycles. The largest absolute Gasteiger partial charge is 0.481 e. The first-order valence-electron chi connectivity index (χ1n) is 6.12. The van der Waals surface area contributed by atoms with Crippen molar-refractivity contribution >= 4 is 5.97 Å². The molecule has 1 aromatic rings. The summed E-state index contributed by atoms with van der Waals surface area (Å²) in [6, 6.07) is 0.235. The summed E-state index contributed by atoms with van der Waals surface area (Å²) in [7, 11) is 1.89. The van der Waals surface area contributed by atoms with Crippen molar-refractivity contribution in [3.63, 3.8) is 0 Å². The molecule has 1 N–H and O–H groups in total. The summed E-state index contributed by atoms with van der Waals surface area (Å²) in [5, 5.41) is 13.0. The summed E-state index contributed by atoms with van der Waals surface area (Å²) in [6.07, 6.45) is 3.70. The van der Waals surface area contributed by atoms with Crippen LogP contribution in [0.2, 0.25) is 0 Å². The molecule has 6 heteroatoms. The molecule has 1 aromatic heterocycles. The Morgan fingerprint density at radius 2 is 2.50 bits per heavy atom. The minimum Gasteiger partial charge on any atom is -0.481 e. The fraction of sp³-hybridized carbons (Fsp3) is 0.667. The van der Waals surface area contributed by atoms with Crippen molar-refractivity contribution in [1.82, 2.24) is 14.7 Å². The van der Waals surface area contributed by atoms with Gasteiger partial charge in [-0.2, -0.15) is 5.10 Å². The molecule has 18 heavy (non-hydrogen) atoms. The lowest BCUT2D eigenvalue weighted by atomic mass is 10.1. The molecule has 6 nitrogen and oxygen atoms in total. The van der Waals surface area contributed by atoms with Crippen LogP contribution >= 0.6 is 0 Å². The number of carboxylic acids is 1. The number of hydrogen-bond donors (Lipinski definition) is 1. The zero-order valence-corrected chi connectivity index (χ0v) is 10.7. The zero-order valence-electron chi connectivity index (χ0n) is 10.7. The van der Waals surface area contributed by atoms with Gasteiger partial charge in [-0.15, -0.1) is 0 Å². The Balaban J connectivity index is 1.97. The first kappa shape index (κ1) is 13.0. The van der Waals surface area contributed by atoms with Crippen molar-refractivity contribution < 1.29 is 14.6 Å². The van der Waals surface area contributed by atoms with Crippen molar-refractivity contribution in [1.29, 1.82) is 0 Å². The van der Waals surface area contributed by atoms with Gasteiger partial charge in [0.15, 0.2) is 0 Å². The van der Waals surface area contributed by atoms with E-state index in [1.165, 1.54) is 0 Å². The summed E-state index contributed by atoms with van der Waals surface area (Å²) >= 11 is 0. The van der Waals surface area contributed by atoms with Crippen LogP contribution in [0.1, 0.15) is 24.9 Å². The number of carbonyl (C=O) groups is 1. The highest BCUT2D eigenvalue weighted by Gasteiger charge is 2.26. The van der Waals surface area contributed by atoms with Crippen LogP contribution in [0.25, 0.3) is 0 Å². The van der Waals surface area contributed by atoms with Crippen molar-refractivity contribution in [2.75, 3.05) is 19.7 Å². The molecular formula is C12H19N3O3. The Kier molecular flexibility index (Phi) is 3.98. The number of aliphatic carboxylic acids is 1. The maximum absolute atomic E-state index is 10.7. The van der Waals surface area contributed by atoms with E-state index in [4.69, 9.17) is 9.84 Å². The zero-order chi connectivity index (χ0) is 13.1. The first-order chi connectivity index (χ1) is 8.56. The SMILES string of the molecule is CC(c1cnn(C)c1)N1CCOC(CC(=O)O)C1. The highest BCUT2D eigenvalue weighted by Crippen LogP contribution is 2.22. The number of morpholine rings is 1. The predicted octanol–water partition coefficient (Wildman–Crippen LogP) is 0.657. The van der Waals surface area contributed by atoms with Crippen LogP contribution in [0.3, 0.4) is 0 Å². The lowest BCUT2D eigenvalue weighted by Gasteiger charge is -2.36. The van der Waals surface area contributed by atoms with Gasteiger partial charge in [-0.3, -0.25) is 14.4 Å². The molecule has 0 bridgehead atoms. The van der Waals surface area contributed by atoms with E-state index in [-0.39, 0.29) is 18.6 Å². The van der Waals surface area contributed by atoms with Crippen LogP contribution in [0.4, 0.5) is 0 Å². The average Bonchev–Trinajstić information content (AvgIpc) is 2.74. The maximum atomic E-state index is 10.7. The molecule has 2 unspecified atom stereocenters. The Morgan fingerprint density at radius 3 is 3.11 bits per heavy atom. The third-order valence-electron chi connectivity index (χ3n) is 3.33. The molecule has 0 saturated carbocycles. The molecule has 1 aliphatic rings. The molecule has 1 fully saturated rings. The van der Waals surface area contributed by atoms with E-state index < -0.39 is 5.97 Å². The van der Waals surface area contributed by atoms with Crippen LogP contribution in [0.15, 0.2) is 12.4 Å². The van der Waals surface area contributed by atoms with Gasteiger partial charge in [0.1, 0.15) is 0 Å². The monoisotopic (exact) mass is 253 g/mol. The quantitative estimate of drug-likeness (QED) is 0.853. The van der Waals surface area contributed by atoms with E-state index in [9.17, 15) is 4.79 Å². The van der Waals surface area contributed by atoms with Crippen LogP contribution in [-0.4, -0.2) is 51.6 Å². The van der Waals surface area contributed by atoms with Crippen molar-refractivity contribution in [2.24, 2.45) is 7.05 Å². The minimum absolute atomic E-state index is 0.0657. The molecule has 2 atom stereocenters. The Bertz CT molecular complexity index is 418. The van der Waals surface area contributed by atoms with Crippen LogP contribution in [0, 0.1) is 0 Å². The molecular weight excluding hydrogens is 234 g/mol. The molecule has 2 rings (SSSR count). The van der Waals surface area contributed by atoms with Crippen LogP contribution in [-0.2, 0) is 16.6 Å². The van der Waals surface area contributed by atoms with Gasteiger partial charge in [0.25, 0.3) is 0 Å². The second-order valence-electron chi connectivity index (χ2n) is 4.71. The Hall–Kier alpha value is -1.40. The summed E-state index contributed by atoms with van der Waals surface area (Å²) < 4.78 is 7.25. The fourth-order valence-electron chi connectivity index (χ4n) is 2.28. The third-order valence-corrected chi connectivity index (χ3v) is 3.33. The number of aromatic nitrogens is 2. The topological polar surface area (TPSA) is 67.6 Å². The summed E-state index contributed by atoms with van der Waals surface area (Å²) in [5.41, 5.74) is 1.15. The minimum atomic E-state index is -0.809. The number of hydrogen-bond acceptors (Lipinski definition) is 4. The Morgan fingerprint density at radius 1 is 1.72 bits per heavy atom. The number of nitrogens with zero attached hydrogens (tertiary/aromatic N) is 3. The van der Waals surface area contributed by atoms with E-state index in [0.29, 0.717) is 13.2 Å².